The van der Waals surface area contributed by atoms with Crippen molar-refractivity contribution in [1.29, 1.82) is 0 Å². The van der Waals surface area contributed by atoms with Crippen LogP contribution in [0, 0.1) is 5.92 Å². The topological polar surface area (TPSA) is 66.6 Å². The molecule has 0 saturated carbocycles. The van der Waals surface area contributed by atoms with Gasteiger partial charge in [0.05, 0.1) is 12.6 Å². The quantitative estimate of drug-likeness (QED) is 0.685. The van der Waals surface area contributed by atoms with E-state index < -0.39 is 6.04 Å². The summed E-state index contributed by atoms with van der Waals surface area (Å²) in [7, 11) is 0. The Morgan fingerprint density at radius 1 is 1.31 bits per heavy atom. The molecule has 0 heterocycles. The number of rotatable bonds is 7. The first-order valence-corrected chi connectivity index (χ1v) is 6.16. The zero-order valence-electron chi connectivity index (χ0n) is 10.9. The molecule has 0 aromatic carbocycles. The van der Waals surface area contributed by atoms with Crippen LogP contribution in [0.3, 0.4) is 0 Å². The Balaban J connectivity index is 4.69. The van der Waals surface area contributed by atoms with E-state index in [1.165, 1.54) is 0 Å². The molecule has 0 spiro atoms. The molecule has 0 radical (unpaired) electrons. The molecular weight excluding hydrogens is 204 g/mol. The van der Waals surface area contributed by atoms with Gasteiger partial charge in [-0.15, -0.1) is 0 Å². The van der Waals surface area contributed by atoms with Gasteiger partial charge in [0.1, 0.15) is 0 Å². The Hall–Kier alpha value is -0.610. The minimum atomic E-state index is -0.466. The standard InChI is InChI=1S/C12H26N2O2/c1-5-10(6-2)14(7-8-15)12(16)11(13)9(3)4/h9-11,15H,5-8,13H2,1-4H3/t11-/m0/s1. The molecule has 16 heavy (non-hydrogen) atoms. The number of aliphatic hydroxyl groups excluding tert-OH is 1. The van der Waals surface area contributed by atoms with Crippen LogP contribution in [0.15, 0.2) is 0 Å². The minimum absolute atomic E-state index is 0.00689. The van der Waals surface area contributed by atoms with Gasteiger partial charge in [0, 0.05) is 12.6 Å². The molecule has 0 aliphatic rings. The van der Waals surface area contributed by atoms with E-state index in [2.05, 4.69) is 0 Å². The molecule has 1 amide bonds. The number of hydrogen-bond donors (Lipinski definition) is 2. The van der Waals surface area contributed by atoms with E-state index in [-0.39, 0.29) is 24.5 Å². The summed E-state index contributed by atoms with van der Waals surface area (Å²) in [6, 6.07) is -0.281. The number of hydrogen-bond acceptors (Lipinski definition) is 3. The SMILES string of the molecule is CCC(CC)N(CCO)C(=O)[C@@H](N)C(C)C. The van der Waals surface area contributed by atoms with Crippen LogP contribution < -0.4 is 5.73 Å². The molecule has 0 aliphatic carbocycles. The van der Waals surface area contributed by atoms with E-state index in [4.69, 9.17) is 10.8 Å². The van der Waals surface area contributed by atoms with Gasteiger partial charge in [-0.1, -0.05) is 27.7 Å². The van der Waals surface area contributed by atoms with Crippen molar-refractivity contribution >= 4 is 5.91 Å². The second-order valence-electron chi connectivity index (χ2n) is 4.50. The summed E-state index contributed by atoms with van der Waals surface area (Å²) in [6.07, 6.45) is 1.79. The largest absolute Gasteiger partial charge is 0.395 e. The molecule has 96 valence electrons. The third-order valence-corrected chi connectivity index (χ3v) is 3.01. The number of nitrogens with zero attached hydrogens (tertiary/aromatic N) is 1. The molecular formula is C12H26N2O2. The van der Waals surface area contributed by atoms with Gasteiger partial charge < -0.3 is 15.7 Å². The number of carbonyl (C=O) groups excluding carboxylic acids is 1. The lowest BCUT2D eigenvalue weighted by Gasteiger charge is -2.33. The zero-order chi connectivity index (χ0) is 12.7. The second kappa shape index (κ2) is 7.63. The van der Waals surface area contributed by atoms with Crippen molar-refractivity contribution in [2.45, 2.75) is 52.6 Å². The van der Waals surface area contributed by atoms with Gasteiger partial charge in [-0.2, -0.15) is 0 Å². The van der Waals surface area contributed by atoms with Crippen LogP contribution in [0.25, 0.3) is 0 Å². The van der Waals surface area contributed by atoms with Crippen LogP contribution >= 0.6 is 0 Å². The van der Waals surface area contributed by atoms with E-state index in [1.807, 2.05) is 27.7 Å². The molecule has 0 bridgehead atoms. The average molecular weight is 230 g/mol. The van der Waals surface area contributed by atoms with Crippen molar-refractivity contribution in [3.8, 4) is 0 Å². The number of carbonyl (C=O) groups is 1. The minimum Gasteiger partial charge on any atom is -0.395 e. The smallest absolute Gasteiger partial charge is 0.240 e. The zero-order valence-corrected chi connectivity index (χ0v) is 10.9. The summed E-state index contributed by atoms with van der Waals surface area (Å²) in [5.74, 6) is 0.0841. The van der Waals surface area contributed by atoms with Gasteiger partial charge in [-0.05, 0) is 18.8 Å². The summed E-state index contributed by atoms with van der Waals surface area (Å²) < 4.78 is 0. The molecule has 4 nitrogen and oxygen atoms in total. The van der Waals surface area contributed by atoms with Crippen LogP contribution in [0.1, 0.15) is 40.5 Å². The van der Waals surface area contributed by atoms with Gasteiger partial charge in [-0.3, -0.25) is 4.79 Å². The van der Waals surface area contributed by atoms with Crippen LogP contribution in [0.4, 0.5) is 0 Å². The van der Waals surface area contributed by atoms with E-state index in [0.29, 0.717) is 6.54 Å². The van der Waals surface area contributed by atoms with E-state index in [9.17, 15) is 4.79 Å². The molecule has 4 heteroatoms. The average Bonchev–Trinajstić information content (AvgIpc) is 2.27. The first-order valence-electron chi connectivity index (χ1n) is 6.16. The highest BCUT2D eigenvalue weighted by molar-refractivity contribution is 5.82. The van der Waals surface area contributed by atoms with Crippen molar-refractivity contribution in [2.75, 3.05) is 13.2 Å². The Morgan fingerprint density at radius 3 is 2.12 bits per heavy atom. The van der Waals surface area contributed by atoms with Crippen molar-refractivity contribution in [3.63, 3.8) is 0 Å². The number of nitrogens with two attached hydrogens (primary N) is 1. The van der Waals surface area contributed by atoms with E-state index >= 15 is 0 Å². The normalized spacial score (nSPS) is 13.2. The maximum Gasteiger partial charge on any atom is 0.240 e. The summed E-state index contributed by atoms with van der Waals surface area (Å²) in [5.41, 5.74) is 5.87. The third-order valence-electron chi connectivity index (χ3n) is 3.01. The van der Waals surface area contributed by atoms with Gasteiger partial charge in [-0.25, -0.2) is 0 Å². The molecule has 0 fully saturated rings. The summed E-state index contributed by atoms with van der Waals surface area (Å²) >= 11 is 0. The lowest BCUT2D eigenvalue weighted by molar-refractivity contribution is -0.136. The predicted octanol–water partition coefficient (Wildman–Crippen LogP) is 0.979. The van der Waals surface area contributed by atoms with Gasteiger partial charge in [0.2, 0.25) is 5.91 Å². The maximum atomic E-state index is 12.1. The predicted molar refractivity (Wildman–Crippen MR) is 66.0 cm³/mol. The molecule has 1 atom stereocenters. The summed E-state index contributed by atoms with van der Waals surface area (Å²) in [5, 5.41) is 9.01. The molecule has 0 aromatic heterocycles. The van der Waals surface area contributed by atoms with Crippen molar-refractivity contribution in [1.82, 2.24) is 4.90 Å². The van der Waals surface area contributed by atoms with Crippen molar-refractivity contribution in [2.24, 2.45) is 11.7 Å². The molecule has 3 N–H and O–H groups in total. The van der Waals surface area contributed by atoms with Gasteiger partial charge in [0.15, 0.2) is 0 Å². The van der Waals surface area contributed by atoms with E-state index in [0.717, 1.165) is 12.8 Å². The van der Waals surface area contributed by atoms with Crippen molar-refractivity contribution in [3.05, 3.63) is 0 Å². The molecule has 0 saturated heterocycles. The maximum absolute atomic E-state index is 12.1. The highest BCUT2D eigenvalue weighted by Gasteiger charge is 2.27. The van der Waals surface area contributed by atoms with Crippen LogP contribution in [0.2, 0.25) is 0 Å². The van der Waals surface area contributed by atoms with Gasteiger partial charge >= 0.3 is 0 Å². The first kappa shape index (κ1) is 15.4. The molecule has 0 aromatic rings. The fourth-order valence-electron chi connectivity index (χ4n) is 1.79. The highest BCUT2D eigenvalue weighted by Crippen LogP contribution is 2.12. The highest BCUT2D eigenvalue weighted by atomic mass is 16.3. The summed E-state index contributed by atoms with van der Waals surface area (Å²) in [6.45, 7) is 8.34. The van der Waals surface area contributed by atoms with Crippen molar-refractivity contribution < 1.29 is 9.90 Å². The lowest BCUT2D eigenvalue weighted by Crippen LogP contribution is -2.51. The van der Waals surface area contributed by atoms with Crippen LogP contribution in [0.5, 0.6) is 0 Å². The Labute approximate surface area is 98.8 Å². The fraction of sp³-hybridized carbons (Fsp3) is 0.917. The van der Waals surface area contributed by atoms with Crippen LogP contribution in [-0.4, -0.2) is 41.1 Å². The molecule has 0 rings (SSSR count). The molecule has 0 aliphatic heterocycles. The van der Waals surface area contributed by atoms with Gasteiger partial charge in [0.25, 0.3) is 0 Å². The second-order valence-corrected chi connectivity index (χ2v) is 4.50. The third kappa shape index (κ3) is 4.10. The lowest BCUT2D eigenvalue weighted by atomic mass is 10.0. The Bertz CT molecular complexity index is 203. The first-order chi connectivity index (χ1) is 7.49. The monoisotopic (exact) mass is 230 g/mol. The Kier molecular flexibility index (Phi) is 7.34. The molecule has 0 unspecified atom stereocenters. The number of aliphatic hydroxyl groups is 1. The Morgan fingerprint density at radius 2 is 1.81 bits per heavy atom. The fourth-order valence-corrected chi connectivity index (χ4v) is 1.79. The van der Waals surface area contributed by atoms with Crippen LogP contribution in [-0.2, 0) is 4.79 Å². The number of amides is 1. The summed E-state index contributed by atoms with van der Waals surface area (Å²) in [4.78, 5) is 13.9. The van der Waals surface area contributed by atoms with E-state index in [1.54, 1.807) is 4.90 Å².